The highest BCUT2D eigenvalue weighted by molar-refractivity contribution is 14.1. The lowest BCUT2D eigenvalue weighted by molar-refractivity contribution is -0.139. The maximum Gasteiger partial charge on any atom is 0.326 e. The Bertz CT molecular complexity index is 937. The number of carbonyl (C=O) groups is 2. The van der Waals surface area contributed by atoms with Crippen LogP contribution in [0, 0.1) is 9.39 Å². The van der Waals surface area contributed by atoms with E-state index in [-0.39, 0.29) is 17.5 Å². The zero-order valence-corrected chi connectivity index (χ0v) is 15.1. The molecule has 3 N–H and O–H groups in total. The molecule has 2 aromatic carbocycles. The van der Waals surface area contributed by atoms with E-state index in [1.807, 2.05) is 24.3 Å². The van der Waals surface area contributed by atoms with Gasteiger partial charge in [-0.3, -0.25) is 4.79 Å². The van der Waals surface area contributed by atoms with Crippen LogP contribution >= 0.6 is 22.6 Å². The average Bonchev–Trinajstić information content (AvgIpc) is 3.02. The van der Waals surface area contributed by atoms with Gasteiger partial charge < -0.3 is 15.4 Å². The largest absolute Gasteiger partial charge is 0.480 e. The number of hydrogen-bond donors (Lipinski definition) is 3. The van der Waals surface area contributed by atoms with Crippen molar-refractivity contribution in [3.63, 3.8) is 0 Å². The molecule has 0 fully saturated rings. The van der Waals surface area contributed by atoms with Crippen LogP contribution in [0.4, 0.5) is 4.39 Å². The van der Waals surface area contributed by atoms with Crippen LogP contribution in [0.2, 0.25) is 0 Å². The Hall–Kier alpha value is -2.42. The van der Waals surface area contributed by atoms with E-state index in [0.717, 1.165) is 9.13 Å². The van der Waals surface area contributed by atoms with Crippen molar-refractivity contribution in [2.75, 3.05) is 0 Å². The molecular formula is C18H14FIN2O3. The molecule has 1 amide bonds. The van der Waals surface area contributed by atoms with Crippen LogP contribution in [-0.2, 0) is 11.2 Å². The maximum absolute atomic E-state index is 13.7. The number of carboxylic acid groups (broad SMARTS) is 1. The summed E-state index contributed by atoms with van der Waals surface area (Å²) < 4.78 is 14.8. The lowest BCUT2D eigenvalue weighted by atomic mass is 10.1. The molecule has 3 rings (SSSR count). The summed E-state index contributed by atoms with van der Waals surface area (Å²) in [4.78, 5) is 26.6. The summed E-state index contributed by atoms with van der Waals surface area (Å²) in [6, 6.07) is 12.2. The van der Waals surface area contributed by atoms with Crippen molar-refractivity contribution < 1.29 is 19.1 Å². The lowest BCUT2D eigenvalue weighted by Crippen LogP contribution is -2.42. The monoisotopic (exact) mass is 452 g/mol. The fourth-order valence-corrected chi connectivity index (χ4v) is 2.89. The Labute approximate surface area is 156 Å². The molecule has 0 saturated carbocycles. The van der Waals surface area contributed by atoms with E-state index in [0.29, 0.717) is 5.52 Å². The standard InChI is InChI=1S/C18H14FIN2O3/c19-13-2-1-3-14-12(13)9-15(21-14)17(23)22-16(18(24)25)8-10-4-6-11(20)7-5-10/h1-7,9,16,21H,8H2,(H,22,23)(H,24,25)/t16-/m0/s1. The SMILES string of the molecule is O=C(N[C@@H](Cc1ccc(I)cc1)C(=O)O)c1cc2c(F)cccc2[nH]1. The normalized spacial score (nSPS) is 12.1. The zero-order chi connectivity index (χ0) is 18.0. The molecule has 25 heavy (non-hydrogen) atoms. The number of halogens is 2. The molecule has 128 valence electrons. The highest BCUT2D eigenvalue weighted by atomic mass is 127. The first kappa shape index (κ1) is 17.4. The van der Waals surface area contributed by atoms with Crippen molar-refractivity contribution in [3.05, 3.63) is 69.2 Å². The van der Waals surface area contributed by atoms with Crippen LogP contribution in [0.25, 0.3) is 10.9 Å². The molecule has 0 aliphatic carbocycles. The van der Waals surface area contributed by atoms with E-state index >= 15 is 0 Å². The number of hydrogen-bond acceptors (Lipinski definition) is 2. The van der Waals surface area contributed by atoms with Gasteiger partial charge in [0.1, 0.15) is 17.6 Å². The summed E-state index contributed by atoms with van der Waals surface area (Å²) in [6.45, 7) is 0. The maximum atomic E-state index is 13.7. The summed E-state index contributed by atoms with van der Waals surface area (Å²) in [6.07, 6.45) is 0.159. The Balaban J connectivity index is 1.78. The minimum atomic E-state index is -1.13. The first-order valence-electron chi connectivity index (χ1n) is 7.49. The van der Waals surface area contributed by atoms with Crippen molar-refractivity contribution in [1.29, 1.82) is 0 Å². The molecule has 0 saturated heterocycles. The van der Waals surface area contributed by atoms with Crippen LogP contribution < -0.4 is 5.32 Å². The van der Waals surface area contributed by atoms with Gasteiger partial charge in [0.2, 0.25) is 0 Å². The number of aromatic nitrogens is 1. The fourth-order valence-electron chi connectivity index (χ4n) is 2.53. The van der Waals surface area contributed by atoms with E-state index in [4.69, 9.17) is 0 Å². The van der Waals surface area contributed by atoms with Crippen LogP contribution in [0.3, 0.4) is 0 Å². The van der Waals surface area contributed by atoms with Crippen molar-refractivity contribution >= 4 is 45.4 Å². The number of H-pyrrole nitrogens is 1. The second kappa shape index (κ2) is 7.22. The van der Waals surface area contributed by atoms with E-state index in [9.17, 15) is 19.1 Å². The van der Waals surface area contributed by atoms with Gasteiger partial charge in [0.15, 0.2) is 0 Å². The molecular weight excluding hydrogens is 438 g/mol. The second-order valence-electron chi connectivity index (χ2n) is 5.58. The number of benzene rings is 2. The minimum Gasteiger partial charge on any atom is -0.480 e. The number of carboxylic acids is 1. The summed E-state index contributed by atoms with van der Waals surface area (Å²) >= 11 is 2.16. The third-order valence-electron chi connectivity index (χ3n) is 3.81. The molecule has 7 heteroatoms. The van der Waals surface area contributed by atoms with Crippen molar-refractivity contribution in [1.82, 2.24) is 10.3 Å². The van der Waals surface area contributed by atoms with Crippen LogP contribution in [0.1, 0.15) is 16.1 Å². The Morgan fingerprint density at radius 2 is 1.92 bits per heavy atom. The predicted molar refractivity (Wildman–Crippen MR) is 100 cm³/mol. The number of carbonyl (C=O) groups excluding carboxylic acids is 1. The first-order valence-corrected chi connectivity index (χ1v) is 8.57. The highest BCUT2D eigenvalue weighted by Gasteiger charge is 2.22. The van der Waals surface area contributed by atoms with Crippen LogP contribution in [0.15, 0.2) is 48.5 Å². The van der Waals surface area contributed by atoms with Crippen LogP contribution in [-0.4, -0.2) is 28.0 Å². The molecule has 0 aliphatic heterocycles. The molecule has 5 nitrogen and oxygen atoms in total. The molecule has 3 aromatic rings. The third-order valence-corrected chi connectivity index (χ3v) is 4.53. The van der Waals surface area contributed by atoms with Crippen LogP contribution in [0.5, 0.6) is 0 Å². The molecule has 0 spiro atoms. The van der Waals surface area contributed by atoms with E-state index < -0.39 is 23.7 Å². The van der Waals surface area contributed by atoms with Gasteiger partial charge in [0.25, 0.3) is 5.91 Å². The Morgan fingerprint density at radius 1 is 1.20 bits per heavy atom. The van der Waals surface area contributed by atoms with Gasteiger partial charge in [-0.25, -0.2) is 9.18 Å². The van der Waals surface area contributed by atoms with E-state index in [2.05, 4.69) is 32.9 Å². The number of aliphatic carboxylic acids is 1. The number of aromatic amines is 1. The Kier molecular flexibility index (Phi) is 5.03. The number of rotatable bonds is 5. The third kappa shape index (κ3) is 3.98. The average molecular weight is 452 g/mol. The van der Waals surface area contributed by atoms with Gasteiger partial charge in [-0.05, 0) is 58.5 Å². The summed E-state index contributed by atoms with van der Waals surface area (Å²) in [5, 5.41) is 12.2. The fraction of sp³-hybridized carbons (Fsp3) is 0.111. The molecule has 0 aliphatic rings. The summed E-state index contributed by atoms with van der Waals surface area (Å²) in [7, 11) is 0. The molecule has 0 unspecified atom stereocenters. The second-order valence-corrected chi connectivity index (χ2v) is 6.82. The van der Waals surface area contributed by atoms with Gasteiger partial charge >= 0.3 is 5.97 Å². The van der Waals surface area contributed by atoms with E-state index in [1.165, 1.54) is 18.2 Å². The van der Waals surface area contributed by atoms with Crippen molar-refractivity contribution in [3.8, 4) is 0 Å². The van der Waals surface area contributed by atoms with Gasteiger partial charge in [0, 0.05) is 20.9 Å². The summed E-state index contributed by atoms with van der Waals surface area (Å²) in [5.74, 6) is -2.16. The smallest absolute Gasteiger partial charge is 0.326 e. The molecule has 0 radical (unpaired) electrons. The van der Waals surface area contributed by atoms with Gasteiger partial charge in [-0.15, -0.1) is 0 Å². The minimum absolute atomic E-state index is 0.119. The topological polar surface area (TPSA) is 82.2 Å². The molecule has 1 aromatic heterocycles. The van der Waals surface area contributed by atoms with Crippen molar-refractivity contribution in [2.45, 2.75) is 12.5 Å². The predicted octanol–water partition coefficient (Wildman–Crippen LogP) is 3.34. The van der Waals surface area contributed by atoms with Crippen molar-refractivity contribution in [2.24, 2.45) is 0 Å². The summed E-state index contributed by atoms with van der Waals surface area (Å²) in [5.41, 5.74) is 1.40. The van der Waals surface area contributed by atoms with Gasteiger partial charge in [-0.1, -0.05) is 18.2 Å². The number of nitrogens with one attached hydrogen (secondary N) is 2. The molecule has 1 heterocycles. The zero-order valence-electron chi connectivity index (χ0n) is 12.9. The molecule has 0 bridgehead atoms. The van der Waals surface area contributed by atoms with Gasteiger partial charge in [-0.2, -0.15) is 0 Å². The molecule has 1 atom stereocenters. The van der Waals surface area contributed by atoms with Gasteiger partial charge in [0.05, 0.1) is 0 Å². The highest BCUT2D eigenvalue weighted by Crippen LogP contribution is 2.18. The lowest BCUT2D eigenvalue weighted by Gasteiger charge is -2.14. The quantitative estimate of drug-likeness (QED) is 0.520. The number of amides is 1. The Morgan fingerprint density at radius 3 is 2.56 bits per heavy atom. The number of fused-ring (bicyclic) bond motifs is 1. The first-order chi connectivity index (χ1) is 11.9. The van der Waals surface area contributed by atoms with E-state index in [1.54, 1.807) is 6.07 Å².